The Balaban J connectivity index is 3.05. The molecule has 0 aliphatic heterocycles. The van der Waals surface area contributed by atoms with Gasteiger partial charge >= 0.3 is 57.4 Å². The molecule has 6 heavy (non-hydrogen) atoms. The van der Waals surface area contributed by atoms with Gasteiger partial charge < -0.3 is 0 Å². The van der Waals surface area contributed by atoms with Crippen LogP contribution in [0.15, 0.2) is 6.20 Å². The normalized spacial score (nSPS) is 9.00. The minimum atomic E-state index is 1.09. The van der Waals surface area contributed by atoms with Crippen LogP contribution < -0.4 is 2.13 Å². The van der Waals surface area contributed by atoms with Gasteiger partial charge in [-0.15, -0.1) is 0 Å². The molecule has 26 valence electrons. The first-order chi connectivity index (χ1) is 2.89. The van der Waals surface area contributed by atoms with Crippen molar-refractivity contribution in [2.75, 3.05) is 0 Å². The molecule has 0 saturated heterocycles. The van der Waals surface area contributed by atoms with Crippen LogP contribution in [-0.4, -0.2) is 37.5 Å². The van der Waals surface area contributed by atoms with Crippen molar-refractivity contribution in [1.82, 2.24) is 9.59 Å². The van der Waals surface area contributed by atoms with Gasteiger partial charge in [0.1, 0.15) is 0 Å². The zero-order valence-electron chi connectivity index (χ0n) is 3.38. The standard InChI is InChI=1S/C2HN2S.Na/c1-2-5-4-3-1;/h1H;. The summed E-state index contributed by atoms with van der Waals surface area (Å²) < 4.78 is 4.95. The van der Waals surface area contributed by atoms with Crippen molar-refractivity contribution >= 4 is 41.6 Å². The molecule has 0 spiro atoms. The van der Waals surface area contributed by atoms with Crippen LogP contribution in [-0.2, 0) is 0 Å². The predicted molar refractivity (Wildman–Crippen MR) is 25.3 cm³/mol. The van der Waals surface area contributed by atoms with Gasteiger partial charge in [-0.2, -0.15) is 0 Å². The monoisotopic (exact) mass is 108 g/mol. The molecule has 0 unspecified atom stereocenters. The molecule has 2 nitrogen and oxygen atoms in total. The van der Waals surface area contributed by atoms with Gasteiger partial charge in [-0.3, -0.25) is 0 Å². The molecule has 0 saturated carbocycles. The summed E-state index contributed by atoms with van der Waals surface area (Å²) in [7, 11) is 0. The SMILES string of the molecule is [Na][c]1cnns1. The maximum atomic E-state index is 3.65. The fraction of sp³-hybridized carbons (Fsp3) is 0. The van der Waals surface area contributed by atoms with Crippen LogP contribution in [0.5, 0.6) is 0 Å². The van der Waals surface area contributed by atoms with Crippen LogP contribution in [0.25, 0.3) is 0 Å². The fourth-order valence-electron chi connectivity index (χ4n) is 0.216. The van der Waals surface area contributed by atoms with E-state index in [1.807, 2.05) is 0 Å². The summed E-state index contributed by atoms with van der Waals surface area (Å²) in [6.45, 7) is 0. The second-order valence-corrected chi connectivity index (χ2v) is 3.82. The van der Waals surface area contributed by atoms with Crippen molar-refractivity contribution in [2.45, 2.75) is 0 Å². The number of hydrogen-bond donors (Lipinski definition) is 0. The third-order valence-corrected chi connectivity index (χ3v) is 1.85. The van der Waals surface area contributed by atoms with Crippen LogP contribution in [0.4, 0.5) is 0 Å². The molecular formula is C2HN2NaS. The Morgan fingerprint density at radius 3 is 2.83 bits per heavy atom. The topological polar surface area (TPSA) is 25.8 Å². The molecule has 0 atom stereocenters. The van der Waals surface area contributed by atoms with Crippen molar-refractivity contribution in [3.63, 3.8) is 0 Å². The molecule has 1 aromatic rings. The van der Waals surface area contributed by atoms with E-state index in [1.165, 1.54) is 13.7 Å². The fourth-order valence-corrected chi connectivity index (χ4v) is 0.894. The molecule has 4 heteroatoms. The first kappa shape index (κ1) is 4.71. The quantitative estimate of drug-likeness (QED) is 0.412. The van der Waals surface area contributed by atoms with Crippen molar-refractivity contribution in [2.24, 2.45) is 0 Å². The van der Waals surface area contributed by atoms with Gasteiger partial charge in [-0.1, -0.05) is 0 Å². The van der Waals surface area contributed by atoms with E-state index in [9.17, 15) is 0 Å². The third kappa shape index (κ3) is 1.01. The van der Waals surface area contributed by atoms with Crippen molar-refractivity contribution in [1.29, 1.82) is 0 Å². The molecule has 0 aromatic carbocycles. The van der Waals surface area contributed by atoms with E-state index < -0.39 is 0 Å². The maximum absolute atomic E-state index is 3.65. The summed E-state index contributed by atoms with van der Waals surface area (Å²) in [6.07, 6.45) is 1.80. The zero-order chi connectivity index (χ0) is 4.41. The molecule has 0 amide bonds. The summed E-state index contributed by atoms with van der Waals surface area (Å²) >= 11 is 2.57. The molecule has 0 aliphatic carbocycles. The average molecular weight is 108 g/mol. The summed E-state index contributed by atoms with van der Waals surface area (Å²) in [5.74, 6) is 0. The molecule has 0 fully saturated rings. The molecule has 0 radical (unpaired) electrons. The van der Waals surface area contributed by atoms with Crippen molar-refractivity contribution < 1.29 is 0 Å². The van der Waals surface area contributed by atoms with Gasteiger partial charge in [0.15, 0.2) is 0 Å². The van der Waals surface area contributed by atoms with E-state index in [-0.39, 0.29) is 0 Å². The van der Waals surface area contributed by atoms with Gasteiger partial charge in [0.2, 0.25) is 0 Å². The Labute approximate surface area is 57.2 Å². The summed E-state index contributed by atoms with van der Waals surface area (Å²) in [6, 6.07) is 0. The Kier molecular flexibility index (Phi) is 1.59. The summed E-state index contributed by atoms with van der Waals surface area (Å²) in [4.78, 5) is 0. The van der Waals surface area contributed by atoms with Crippen LogP contribution >= 0.6 is 11.5 Å². The number of hydrogen-bond acceptors (Lipinski definition) is 3. The second-order valence-electron chi connectivity index (χ2n) is 1.03. The van der Waals surface area contributed by atoms with E-state index >= 15 is 0 Å². The molecule has 1 rings (SSSR count). The molecule has 1 heterocycles. The average Bonchev–Trinajstić information content (AvgIpc) is 1.86. The third-order valence-electron chi connectivity index (χ3n) is 0.471. The van der Waals surface area contributed by atoms with Crippen molar-refractivity contribution in [3.05, 3.63) is 6.20 Å². The Hall–Kier alpha value is 0.560. The van der Waals surface area contributed by atoms with Gasteiger partial charge in [0.05, 0.1) is 0 Å². The Bertz CT molecular complexity index is 115. The van der Waals surface area contributed by atoms with Crippen LogP contribution in [0, 0.1) is 0 Å². The Morgan fingerprint density at radius 1 is 1.83 bits per heavy atom. The molecule has 0 aliphatic rings. The van der Waals surface area contributed by atoms with Gasteiger partial charge in [0.25, 0.3) is 0 Å². The van der Waals surface area contributed by atoms with Gasteiger partial charge in [-0.25, -0.2) is 0 Å². The molecule has 0 N–H and O–H groups in total. The van der Waals surface area contributed by atoms with Crippen molar-refractivity contribution in [3.8, 4) is 0 Å². The zero-order valence-corrected chi connectivity index (χ0v) is 6.20. The summed E-state index contributed by atoms with van der Waals surface area (Å²) in [5.41, 5.74) is 0. The van der Waals surface area contributed by atoms with E-state index in [0.717, 1.165) is 27.9 Å². The molecule has 1 aromatic heterocycles. The molecular weight excluding hydrogens is 107 g/mol. The first-order valence-corrected chi connectivity index (χ1v) is 3.41. The predicted octanol–water partition coefficient (Wildman–Crippen LogP) is -0.668. The summed E-state index contributed by atoms with van der Waals surface area (Å²) in [5, 5.41) is 3.62. The minimum absolute atomic E-state index is 1.09. The second kappa shape index (κ2) is 2.02. The molecule has 0 bridgehead atoms. The first-order valence-electron chi connectivity index (χ1n) is 1.63. The van der Waals surface area contributed by atoms with Crippen LogP contribution in [0.1, 0.15) is 0 Å². The van der Waals surface area contributed by atoms with E-state index in [0.29, 0.717) is 0 Å². The van der Waals surface area contributed by atoms with Crippen LogP contribution in [0.2, 0.25) is 0 Å². The number of nitrogens with zero attached hydrogens (tertiary/aromatic N) is 2. The number of aromatic nitrogens is 2. The van der Waals surface area contributed by atoms with Gasteiger partial charge in [0, 0.05) is 0 Å². The van der Waals surface area contributed by atoms with Gasteiger partial charge in [-0.05, 0) is 0 Å². The number of rotatable bonds is 0. The van der Waals surface area contributed by atoms with E-state index in [2.05, 4.69) is 9.59 Å². The van der Waals surface area contributed by atoms with Crippen LogP contribution in [0.3, 0.4) is 0 Å². The van der Waals surface area contributed by atoms with E-state index in [1.54, 1.807) is 6.20 Å². The Morgan fingerprint density at radius 2 is 2.67 bits per heavy atom. The van der Waals surface area contributed by atoms with E-state index in [4.69, 9.17) is 0 Å².